The zero-order valence-electron chi connectivity index (χ0n) is 11.3. The molecular weight excluding hydrogens is 196 g/mol. The molecule has 0 aromatic carbocycles. The van der Waals surface area contributed by atoms with Crippen LogP contribution in [0.5, 0.6) is 0 Å². The van der Waals surface area contributed by atoms with E-state index in [1.807, 2.05) is 34.6 Å². The van der Waals surface area contributed by atoms with Crippen molar-refractivity contribution in [2.24, 2.45) is 11.3 Å². The molecule has 0 fully saturated rings. The Morgan fingerprint density at radius 2 is 1.69 bits per heavy atom. The van der Waals surface area contributed by atoms with Crippen LogP contribution in [0.3, 0.4) is 0 Å². The average Bonchev–Trinajstić information content (AvgIpc) is 2.17. The van der Waals surface area contributed by atoms with Crippen molar-refractivity contribution in [1.82, 2.24) is 0 Å². The summed E-state index contributed by atoms with van der Waals surface area (Å²) in [5, 5.41) is 0. The maximum absolute atomic E-state index is 11.3. The first kappa shape index (κ1) is 17.2. The van der Waals surface area contributed by atoms with E-state index in [1.165, 1.54) is 0 Å². The lowest BCUT2D eigenvalue weighted by molar-refractivity contribution is -0.126. The van der Waals surface area contributed by atoms with Crippen LogP contribution in [0.25, 0.3) is 0 Å². The third-order valence-corrected chi connectivity index (χ3v) is 1.89. The SMILES string of the molecule is C#CC(C)C.C#CCCCC(=O)C(C)(C)C. The van der Waals surface area contributed by atoms with Gasteiger partial charge in [0.1, 0.15) is 5.78 Å². The van der Waals surface area contributed by atoms with Gasteiger partial charge < -0.3 is 0 Å². The topological polar surface area (TPSA) is 17.1 Å². The zero-order chi connectivity index (χ0) is 13.2. The number of rotatable bonds is 3. The van der Waals surface area contributed by atoms with Gasteiger partial charge >= 0.3 is 0 Å². The van der Waals surface area contributed by atoms with Gasteiger partial charge in [-0.05, 0) is 6.42 Å². The number of ketones is 1. The normalized spacial score (nSPS) is 9.75. The van der Waals surface area contributed by atoms with Crippen molar-refractivity contribution in [1.29, 1.82) is 0 Å². The number of unbranched alkanes of at least 4 members (excludes halogenated alkanes) is 1. The monoisotopic (exact) mass is 220 g/mol. The lowest BCUT2D eigenvalue weighted by Crippen LogP contribution is -2.19. The van der Waals surface area contributed by atoms with E-state index in [9.17, 15) is 4.79 Å². The average molecular weight is 220 g/mol. The zero-order valence-corrected chi connectivity index (χ0v) is 11.3. The number of Topliss-reactive ketones (excluding diaryl/α,β-unsaturated/α-hetero) is 1. The number of terminal acetylenes is 2. The summed E-state index contributed by atoms with van der Waals surface area (Å²) in [6.07, 6.45) is 12.1. The van der Waals surface area contributed by atoms with E-state index >= 15 is 0 Å². The first-order chi connectivity index (χ1) is 7.25. The highest BCUT2D eigenvalue weighted by Crippen LogP contribution is 2.17. The fourth-order valence-electron chi connectivity index (χ4n) is 0.726. The largest absolute Gasteiger partial charge is 0.299 e. The maximum Gasteiger partial charge on any atom is 0.138 e. The van der Waals surface area contributed by atoms with Crippen molar-refractivity contribution in [2.75, 3.05) is 0 Å². The van der Waals surface area contributed by atoms with Crippen molar-refractivity contribution in [2.45, 2.75) is 53.9 Å². The minimum absolute atomic E-state index is 0.200. The van der Waals surface area contributed by atoms with Gasteiger partial charge in [-0.3, -0.25) is 4.79 Å². The van der Waals surface area contributed by atoms with Crippen LogP contribution in [-0.4, -0.2) is 5.78 Å². The molecule has 0 N–H and O–H groups in total. The van der Waals surface area contributed by atoms with Gasteiger partial charge in [0, 0.05) is 24.2 Å². The van der Waals surface area contributed by atoms with Crippen LogP contribution in [-0.2, 0) is 4.79 Å². The van der Waals surface area contributed by atoms with Crippen molar-refractivity contribution in [3.63, 3.8) is 0 Å². The Balaban J connectivity index is 0. The highest BCUT2D eigenvalue weighted by molar-refractivity contribution is 5.83. The lowest BCUT2D eigenvalue weighted by atomic mass is 9.88. The lowest BCUT2D eigenvalue weighted by Gasteiger charge is -2.15. The highest BCUT2D eigenvalue weighted by atomic mass is 16.1. The molecule has 0 aromatic heterocycles. The molecule has 0 bridgehead atoms. The molecule has 0 radical (unpaired) electrons. The highest BCUT2D eigenvalue weighted by Gasteiger charge is 2.19. The molecule has 0 heterocycles. The van der Waals surface area contributed by atoms with E-state index < -0.39 is 0 Å². The summed E-state index contributed by atoms with van der Waals surface area (Å²) < 4.78 is 0. The smallest absolute Gasteiger partial charge is 0.138 e. The number of carbonyl (C=O) groups is 1. The van der Waals surface area contributed by atoms with Gasteiger partial charge in [0.25, 0.3) is 0 Å². The second-order valence-corrected chi connectivity index (χ2v) is 5.05. The molecule has 1 heteroatoms. The summed E-state index contributed by atoms with van der Waals surface area (Å²) in [5.74, 6) is 5.76. The van der Waals surface area contributed by atoms with Crippen molar-refractivity contribution in [3.8, 4) is 24.7 Å². The minimum Gasteiger partial charge on any atom is -0.299 e. The van der Waals surface area contributed by atoms with Crippen molar-refractivity contribution in [3.05, 3.63) is 0 Å². The quantitative estimate of drug-likeness (QED) is 0.524. The Morgan fingerprint density at radius 1 is 1.25 bits per heavy atom. The fourth-order valence-corrected chi connectivity index (χ4v) is 0.726. The van der Waals surface area contributed by atoms with Gasteiger partial charge in [-0.1, -0.05) is 34.6 Å². The molecule has 0 saturated heterocycles. The van der Waals surface area contributed by atoms with Crippen LogP contribution in [0, 0.1) is 36.0 Å². The van der Waals surface area contributed by atoms with E-state index in [-0.39, 0.29) is 5.41 Å². The molecule has 16 heavy (non-hydrogen) atoms. The van der Waals surface area contributed by atoms with Crippen molar-refractivity contribution < 1.29 is 4.79 Å². The number of hydrogen-bond acceptors (Lipinski definition) is 1. The molecule has 0 atom stereocenters. The predicted molar refractivity (Wildman–Crippen MR) is 70.8 cm³/mol. The molecular formula is C15H24O. The van der Waals surface area contributed by atoms with Crippen LogP contribution >= 0.6 is 0 Å². The summed E-state index contributed by atoms with van der Waals surface area (Å²) in [6.45, 7) is 9.78. The van der Waals surface area contributed by atoms with Gasteiger partial charge in [-0.15, -0.1) is 24.7 Å². The molecule has 0 saturated carbocycles. The molecule has 0 rings (SSSR count). The summed E-state index contributed by atoms with van der Waals surface area (Å²) in [5.41, 5.74) is -0.200. The first-order valence-electron chi connectivity index (χ1n) is 5.68. The fraction of sp³-hybridized carbons (Fsp3) is 0.667. The molecule has 0 amide bonds. The van der Waals surface area contributed by atoms with E-state index in [0.29, 0.717) is 24.5 Å². The van der Waals surface area contributed by atoms with Gasteiger partial charge in [0.05, 0.1) is 0 Å². The molecule has 90 valence electrons. The first-order valence-corrected chi connectivity index (χ1v) is 5.68. The Kier molecular flexibility index (Phi) is 9.72. The van der Waals surface area contributed by atoms with Crippen LogP contribution < -0.4 is 0 Å². The van der Waals surface area contributed by atoms with Crippen LogP contribution in [0.1, 0.15) is 53.9 Å². The van der Waals surface area contributed by atoms with Gasteiger partial charge in [-0.2, -0.15) is 0 Å². The van der Waals surface area contributed by atoms with E-state index in [0.717, 1.165) is 6.42 Å². The Hall–Kier alpha value is -1.21. The third kappa shape index (κ3) is 12.8. The molecule has 0 spiro atoms. The molecule has 1 nitrogen and oxygen atoms in total. The van der Waals surface area contributed by atoms with Crippen LogP contribution in [0.15, 0.2) is 0 Å². The summed E-state index contributed by atoms with van der Waals surface area (Å²) in [6, 6.07) is 0. The van der Waals surface area contributed by atoms with E-state index in [4.69, 9.17) is 12.8 Å². The Labute approximate surface area is 101 Å². The molecule has 0 unspecified atom stereocenters. The van der Waals surface area contributed by atoms with Crippen LogP contribution in [0.4, 0.5) is 0 Å². The molecule has 0 aliphatic carbocycles. The van der Waals surface area contributed by atoms with Gasteiger partial charge in [0.15, 0.2) is 0 Å². The Morgan fingerprint density at radius 3 is 1.94 bits per heavy atom. The summed E-state index contributed by atoms with van der Waals surface area (Å²) in [7, 11) is 0. The molecule has 0 aliphatic rings. The summed E-state index contributed by atoms with van der Waals surface area (Å²) >= 11 is 0. The Bertz CT molecular complexity index is 265. The summed E-state index contributed by atoms with van der Waals surface area (Å²) in [4.78, 5) is 11.3. The van der Waals surface area contributed by atoms with Crippen molar-refractivity contribution >= 4 is 5.78 Å². The predicted octanol–water partition coefficient (Wildman–Crippen LogP) is 3.68. The third-order valence-electron chi connectivity index (χ3n) is 1.89. The minimum atomic E-state index is -0.200. The maximum atomic E-state index is 11.3. The molecule has 0 aromatic rings. The van der Waals surface area contributed by atoms with Gasteiger partial charge in [0.2, 0.25) is 0 Å². The van der Waals surface area contributed by atoms with Crippen LogP contribution in [0.2, 0.25) is 0 Å². The van der Waals surface area contributed by atoms with E-state index in [1.54, 1.807) is 0 Å². The number of hydrogen-bond donors (Lipinski definition) is 0. The number of carbonyl (C=O) groups excluding carboxylic acids is 1. The van der Waals surface area contributed by atoms with Gasteiger partial charge in [-0.25, -0.2) is 0 Å². The second kappa shape index (κ2) is 9.05. The van der Waals surface area contributed by atoms with E-state index in [2.05, 4.69) is 11.8 Å². The molecule has 0 aliphatic heterocycles. The standard InChI is InChI=1S/C10H16O.C5H8/c1-5-6-7-8-9(11)10(2,3)4;1-4-5(2)3/h1H,6-8H2,2-4H3;1,5H,2-3H3. The second-order valence-electron chi connectivity index (χ2n) is 5.05.